The third-order valence-electron chi connectivity index (χ3n) is 2.35. The molecule has 0 aromatic heterocycles. The summed E-state index contributed by atoms with van der Waals surface area (Å²) >= 11 is 3.12. The van der Waals surface area contributed by atoms with Crippen LogP contribution in [-0.2, 0) is 4.74 Å². The highest BCUT2D eigenvalue weighted by Gasteiger charge is 2.12. The van der Waals surface area contributed by atoms with E-state index in [9.17, 15) is 4.39 Å². The summed E-state index contributed by atoms with van der Waals surface area (Å²) in [5.74, 6) is -0.401. The molecule has 0 aliphatic carbocycles. The zero-order valence-corrected chi connectivity index (χ0v) is 11.2. The number of methoxy groups -OCH3 is 1. The Morgan fingerprint density at radius 2 is 2.18 bits per heavy atom. The maximum atomic E-state index is 13.2. The molecule has 0 aliphatic rings. The van der Waals surface area contributed by atoms with E-state index in [0.717, 1.165) is 0 Å². The van der Waals surface area contributed by atoms with Gasteiger partial charge in [0.1, 0.15) is 5.82 Å². The van der Waals surface area contributed by atoms with Crippen molar-refractivity contribution in [1.82, 2.24) is 0 Å². The lowest BCUT2D eigenvalue weighted by atomic mass is 10.2. The van der Waals surface area contributed by atoms with E-state index < -0.39 is 5.82 Å². The predicted octanol–water partition coefficient (Wildman–Crippen LogP) is 1.62. The van der Waals surface area contributed by atoms with E-state index >= 15 is 0 Å². The Hall–Kier alpha value is -0.850. The lowest BCUT2D eigenvalue weighted by Crippen LogP contribution is -2.30. The van der Waals surface area contributed by atoms with Crippen LogP contribution in [0, 0.1) is 5.82 Å². The first kappa shape index (κ1) is 14.2. The van der Waals surface area contributed by atoms with E-state index in [1.165, 1.54) is 6.07 Å². The van der Waals surface area contributed by atoms with Crippen molar-refractivity contribution < 1.29 is 14.2 Å². The lowest BCUT2D eigenvalue weighted by Gasteiger charge is -2.25. The number of aliphatic hydroxyl groups is 1. The SMILES string of the molecule is COCCN(CCO)c1cc(Br)c(F)cc1N. The number of rotatable bonds is 6. The van der Waals surface area contributed by atoms with Crippen LogP contribution in [0.4, 0.5) is 15.8 Å². The van der Waals surface area contributed by atoms with Crippen molar-refractivity contribution in [3.05, 3.63) is 22.4 Å². The molecule has 1 rings (SSSR count). The van der Waals surface area contributed by atoms with Gasteiger partial charge in [-0.3, -0.25) is 0 Å². The Kier molecular flexibility index (Phi) is 5.67. The largest absolute Gasteiger partial charge is 0.397 e. The highest BCUT2D eigenvalue weighted by atomic mass is 79.9. The van der Waals surface area contributed by atoms with Crippen molar-refractivity contribution in [3.63, 3.8) is 0 Å². The molecular formula is C11H16BrFN2O2. The molecule has 0 bridgehead atoms. The van der Waals surface area contributed by atoms with Crippen LogP contribution in [0.2, 0.25) is 0 Å². The van der Waals surface area contributed by atoms with Gasteiger partial charge in [0, 0.05) is 26.3 Å². The highest BCUT2D eigenvalue weighted by molar-refractivity contribution is 9.10. The molecule has 0 saturated carbocycles. The zero-order chi connectivity index (χ0) is 12.8. The van der Waals surface area contributed by atoms with Crippen molar-refractivity contribution >= 4 is 27.3 Å². The molecule has 3 N–H and O–H groups in total. The zero-order valence-electron chi connectivity index (χ0n) is 9.62. The summed E-state index contributed by atoms with van der Waals surface area (Å²) in [7, 11) is 1.60. The second kappa shape index (κ2) is 6.78. The Bertz CT molecular complexity index is 377. The molecule has 1 aromatic rings. The lowest BCUT2D eigenvalue weighted by molar-refractivity contribution is 0.203. The summed E-state index contributed by atoms with van der Waals surface area (Å²) in [4.78, 5) is 1.85. The van der Waals surface area contributed by atoms with Crippen LogP contribution in [0.1, 0.15) is 0 Å². The average Bonchev–Trinajstić information content (AvgIpc) is 2.29. The van der Waals surface area contributed by atoms with Crippen molar-refractivity contribution in [2.75, 3.05) is 44.0 Å². The molecule has 0 spiro atoms. The second-order valence-electron chi connectivity index (χ2n) is 3.53. The molecule has 0 heterocycles. The van der Waals surface area contributed by atoms with Gasteiger partial charge >= 0.3 is 0 Å². The highest BCUT2D eigenvalue weighted by Crippen LogP contribution is 2.29. The standard InChI is InChI=1S/C11H16BrFN2O2/c1-17-5-3-15(2-4-16)11-6-8(12)9(13)7-10(11)14/h6-7,16H,2-5,14H2,1H3. The number of hydrogen-bond donors (Lipinski definition) is 2. The van der Waals surface area contributed by atoms with Crippen molar-refractivity contribution in [2.45, 2.75) is 0 Å². The van der Waals surface area contributed by atoms with Gasteiger partial charge in [0.15, 0.2) is 0 Å². The maximum Gasteiger partial charge on any atom is 0.139 e. The number of nitrogens with two attached hydrogens (primary N) is 1. The van der Waals surface area contributed by atoms with Gasteiger partial charge < -0.3 is 20.5 Å². The molecule has 0 radical (unpaired) electrons. The first-order chi connectivity index (χ1) is 8.10. The number of ether oxygens (including phenoxy) is 1. The maximum absolute atomic E-state index is 13.2. The predicted molar refractivity (Wildman–Crippen MR) is 69.7 cm³/mol. The van der Waals surface area contributed by atoms with E-state index in [1.54, 1.807) is 13.2 Å². The number of nitrogen functional groups attached to an aromatic ring is 1. The van der Waals surface area contributed by atoms with E-state index in [0.29, 0.717) is 35.5 Å². The Labute approximate surface area is 108 Å². The minimum Gasteiger partial charge on any atom is -0.397 e. The fourth-order valence-corrected chi connectivity index (χ4v) is 1.83. The minimum atomic E-state index is -0.401. The van der Waals surface area contributed by atoms with E-state index in [2.05, 4.69) is 15.9 Å². The minimum absolute atomic E-state index is 0.00184. The summed E-state index contributed by atoms with van der Waals surface area (Å²) in [5, 5.41) is 9.00. The molecule has 1 aromatic carbocycles. The van der Waals surface area contributed by atoms with E-state index in [4.69, 9.17) is 15.6 Å². The van der Waals surface area contributed by atoms with Gasteiger partial charge in [-0.2, -0.15) is 0 Å². The molecule has 4 nitrogen and oxygen atoms in total. The summed E-state index contributed by atoms with van der Waals surface area (Å²) in [6.07, 6.45) is 0. The normalized spacial score (nSPS) is 10.6. The number of hydrogen-bond acceptors (Lipinski definition) is 4. The Morgan fingerprint density at radius 1 is 1.47 bits per heavy atom. The topological polar surface area (TPSA) is 58.7 Å². The second-order valence-corrected chi connectivity index (χ2v) is 4.38. The van der Waals surface area contributed by atoms with Gasteiger partial charge in [-0.15, -0.1) is 0 Å². The number of benzene rings is 1. The van der Waals surface area contributed by atoms with Gasteiger partial charge in [0.2, 0.25) is 0 Å². The summed E-state index contributed by atoms with van der Waals surface area (Å²) in [6.45, 7) is 1.51. The quantitative estimate of drug-likeness (QED) is 0.784. The third kappa shape index (κ3) is 3.83. The molecule has 0 aliphatic heterocycles. The Morgan fingerprint density at radius 3 is 2.76 bits per heavy atom. The van der Waals surface area contributed by atoms with Crippen LogP contribution in [-0.4, -0.2) is 38.5 Å². The van der Waals surface area contributed by atoms with Gasteiger partial charge in [0.25, 0.3) is 0 Å². The monoisotopic (exact) mass is 306 g/mol. The molecule has 0 unspecified atom stereocenters. The van der Waals surface area contributed by atoms with Gasteiger partial charge in [0.05, 0.1) is 29.1 Å². The van der Waals surface area contributed by atoms with Gasteiger partial charge in [-0.1, -0.05) is 0 Å². The van der Waals surface area contributed by atoms with Gasteiger partial charge in [-0.25, -0.2) is 4.39 Å². The number of nitrogens with zero attached hydrogens (tertiary/aromatic N) is 1. The smallest absolute Gasteiger partial charge is 0.139 e. The van der Waals surface area contributed by atoms with Crippen LogP contribution >= 0.6 is 15.9 Å². The van der Waals surface area contributed by atoms with Crippen LogP contribution in [0.3, 0.4) is 0 Å². The van der Waals surface area contributed by atoms with E-state index in [1.807, 2.05) is 4.90 Å². The van der Waals surface area contributed by atoms with Crippen LogP contribution in [0.25, 0.3) is 0 Å². The first-order valence-corrected chi connectivity index (χ1v) is 5.98. The van der Waals surface area contributed by atoms with Gasteiger partial charge in [-0.05, 0) is 22.0 Å². The Balaban J connectivity index is 2.96. The summed E-state index contributed by atoms with van der Waals surface area (Å²) in [5.41, 5.74) is 6.80. The molecule has 17 heavy (non-hydrogen) atoms. The fourth-order valence-electron chi connectivity index (χ4n) is 1.50. The molecule has 6 heteroatoms. The molecule has 0 saturated heterocycles. The van der Waals surface area contributed by atoms with E-state index in [-0.39, 0.29) is 6.61 Å². The van der Waals surface area contributed by atoms with Crippen molar-refractivity contribution in [2.24, 2.45) is 0 Å². The first-order valence-electron chi connectivity index (χ1n) is 5.19. The van der Waals surface area contributed by atoms with Crippen molar-refractivity contribution in [3.8, 4) is 0 Å². The molecule has 0 atom stereocenters. The number of aliphatic hydroxyl groups excluding tert-OH is 1. The van der Waals surface area contributed by atoms with Crippen molar-refractivity contribution in [1.29, 1.82) is 0 Å². The number of anilines is 2. The fraction of sp³-hybridized carbons (Fsp3) is 0.455. The summed E-state index contributed by atoms with van der Waals surface area (Å²) < 4.78 is 18.6. The summed E-state index contributed by atoms with van der Waals surface area (Å²) in [6, 6.07) is 2.87. The molecule has 0 amide bonds. The van der Waals surface area contributed by atoms with Crippen LogP contribution in [0.5, 0.6) is 0 Å². The third-order valence-corrected chi connectivity index (χ3v) is 2.95. The van der Waals surface area contributed by atoms with Crippen LogP contribution < -0.4 is 10.6 Å². The average molecular weight is 307 g/mol. The van der Waals surface area contributed by atoms with Crippen LogP contribution in [0.15, 0.2) is 16.6 Å². The molecule has 96 valence electrons. The number of halogens is 2. The molecule has 0 fully saturated rings. The molecular weight excluding hydrogens is 291 g/mol.